The van der Waals surface area contributed by atoms with Gasteiger partial charge < -0.3 is 10.2 Å². The molecule has 1 aliphatic heterocycles. The molecule has 1 heterocycles. The fourth-order valence-corrected chi connectivity index (χ4v) is 2.75. The van der Waals surface area contributed by atoms with Crippen molar-refractivity contribution in [2.24, 2.45) is 0 Å². The molecular weight excluding hydrogens is 240 g/mol. The lowest BCUT2D eigenvalue weighted by atomic mass is 9.98. The van der Waals surface area contributed by atoms with Crippen molar-refractivity contribution >= 4 is 11.8 Å². The molecule has 1 fully saturated rings. The Balaban J connectivity index is 2.34. The summed E-state index contributed by atoms with van der Waals surface area (Å²) in [5, 5.41) is 2.65. The number of aryl methyl sites for hydroxylation is 1. The third-order valence-electron chi connectivity index (χ3n) is 3.78. The molecule has 2 amide bonds. The van der Waals surface area contributed by atoms with Gasteiger partial charge in [-0.2, -0.15) is 0 Å². The number of hydrogen-bond donors (Lipinski definition) is 1. The summed E-state index contributed by atoms with van der Waals surface area (Å²) in [6.45, 7) is 6.05. The standard InChI is InChI=1S/C15H20N2O2/c1-4-13-15(19)16-9-14(18)17(13)11(3)12-8-6-5-7-10(12)2/h5-8,11,13H,4,9H2,1-3H3,(H,16,19). The number of piperazine rings is 1. The van der Waals surface area contributed by atoms with Crippen LogP contribution in [-0.4, -0.2) is 29.3 Å². The van der Waals surface area contributed by atoms with Gasteiger partial charge in [-0.3, -0.25) is 9.59 Å². The molecule has 102 valence electrons. The predicted molar refractivity (Wildman–Crippen MR) is 73.5 cm³/mol. The molecule has 1 aromatic rings. The van der Waals surface area contributed by atoms with Gasteiger partial charge in [0.05, 0.1) is 12.6 Å². The number of hydrogen-bond acceptors (Lipinski definition) is 2. The molecule has 0 aromatic heterocycles. The minimum Gasteiger partial charge on any atom is -0.345 e. The number of nitrogens with one attached hydrogen (secondary N) is 1. The highest BCUT2D eigenvalue weighted by molar-refractivity contribution is 5.95. The molecule has 0 bridgehead atoms. The zero-order valence-electron chi connectivity index (χ0n) is 11.6. The van der Waals surface area contributed by atoms with E-state index in [-0.39, 0.29) is 30.4 Å². The van der Waals surface area contributed by atoms with Crippen molar-refractivity contribution in [3.63, 3.8) is 0 Å². The van der Waals surface area contributed by atoms with Gasteiger partial charge in [0.1, 0.15) is 6.04 Å². The van der Waals surface area contributed by atoms with Gasteiger partial charge in [-0.05, 0) is 31.4 Å². The summed E-state index contributed by atoms with van der Waals surface area (Å²) in [5.74, 6) is -0.0651. The summed E-state index contributed by atoms with van der Waals surface area (Å²) in [7, 11) is 0. The normalized spacial score (nSPS) is 21.2. The van der Waals surface area contributed by atoms with Crippen LogP contribution in [0.25, 0.3) is 0 Å². The van der Waals surface area contributed by atoms with Crippen LogP contribution in [0.4, 0.5) is 0 Å². The zero-order chi connectivity index (χ0) is 14.0. The third kappa shape index (κ3) is 2.48. The number of carbonyl (C=O) groups is 2. The average molecular weight is 260 g/mol. The second-order valence-electron chi connectivity index (χ2n) is 4.98. The SMILES string of the molecule is CCC1C(=O)NCC(=O)N1C(C)c1ccccc1C. The van der Waals surface area contributed by atoms with Crippen LogP contribution in [0.2, 0.25) is 0 Å². The first-order valence-electron chi connectivity index (χ1n) is 6.70. The van der Waals surface area contributed by atoms with Crippen LogP contribution in [0.5, 0.6) is 0 Å². The van der Waals surface area contributed by atoms with Crippen LogP contribution < -0.4 is 5.32 Å². The Morgan fingerprint density at radius 2 is 2.05 bits per heavy atom. The Kier molecular flexibility index (Phi) is 3.88. The van der Waals surface area contributed by atoms with E-state index < -0.39 is 0 Å². The molecule has 1 aliphatic rings. The molecule has 1 aromatic carbocycles. The molecular formula is C15H20N2O2. The minimum atomic E-state index is -0.365. The summed E-state index contributed by atoms with van der Waals surface area (Å²) in [4.78, 5) is 25.8. The number of amides is 2. The minimum absolute atomic E-state index is 0.0118. The molecule has 4 nitrogen and oxygen atoms in total. The van der Waals surface area contributed by atoms with Crippen LogP contribution in [-0.2, 0) is 9.59 Å². The number of nitrogens with zero attached hydrogens (tertiary/aromatic N) is 1. The Morgan fingerprint density at radius 3 is 2.68 bits per heavy atom. The van der Waals surface area contributed by atoms with Crippen molar-refractivity contribution in [1.29, 1.82) is 0 Å². The monoisotopic (exact) mass is 260 g/mol. The number of benzene rings is 1. The van der Waals surface area contributed by atoms with Gasteiger partial charge in [0.2, 0.25) is 11.8 Å². The van der Waals surface area contributed by atoms with E-state index in [1.165, 1.54) is 0 Å². The number of carbonyl (C=O) groups excluding carboxylic acids is 2. The van der Waals surface area contributed by atoms with Crippen molar-refractivity contribution in [3.05, 3.63) is 35.4 Å². The highest BCUT2D eigenvalue weighted by atomic mass is 16.2. The fourth-order valence-electron chi connectivity index (χ4n) is 2.75. The second-order valence-corrected chi connectivity index (χ2v) is 4.98. The Labute approximate surface area is 113 Å². The van der Waals surface area contributed by atoms with E-state index >= 15 is 0 Å². The van der Waals surface area contributed by atoms with Crippen molar-refractivity contribution in [1.82, 2.24) is 10.2 Å². The highest BCUT2D eigenvalue weighted by Gasteiger charge is 2.36. The maximum atomic E-state index is 12.1. The van der Waals surface area contributed by atoms with Gasteiger partial charge in [0, 0.05) is 0 Å². The highest BCUT2D eigenvalue weighted by Crippen LogP contribution is 2.27. The van der Waals surface area contributed by atoms with Crippen LogP contribution in [0.15, 0.2) is 24.3 Å². The molecule has 0 saturated carbocycles. The summed E-state index contributed by atoms with van der Waals surface area (Å²) < 4.78 is 0. The molecule has 1 N–H and O–H groups in total. The van der Waals surface area contributed by atoms with E-state index in [0.29, 0.717) is 6.42 Å². The molecule has 2 rings (SSSR count). The topological polar surface area (TPSA) is 49.4 Å². The molecule has 19 heavy (non-hydrogen) atoms. The van der Waals surface area contributed by atoms with Gasteiger partial charge in [0.15, 0.2) is 0 Å². The molecule has 0 radical (unpaired) electrons. The molecule has 4 heteroatoms. The first kappa shape index (κ1) is 13.6. The molecule has 0 spiro atoms. The van der Waals surface area contributed by atoms with Crippen molar-refractivity contribution in [3.8, 4) is 0 Å². The van der Waals surface area contributed by atoms with Gasteiger partial charge in [0.25, 0.3) is 0 Å². The van der Waals surface area contributed by atoms with Gasteiger partial charge in [-0.1, -0.05) is 31.2 Å². The fraction of sp³-hybridized carbons (Fsp3) is 0.467. The Hall–Kier alpha value is -1.84. The molecule has 2 unspecified atom stereocenters. The van der Waals surface area contributed by atoms with Crippen molar-refractivity contribution in [2.75, 3.05) is 6.54 Å². The molecule has 1 saturated heterocycles. The quantitative estimate of drug-likeness (QED) is 0.900. The van der Waals surface area contributed by atoms with Gasteiger partial charge in [-0.25, -0.2) is 0 Å². The van der Waals surface area contributed by atoms with Crippen LogP contribution in [0.3, 0.4) is 0 Å². The maximum absolute atomic E-state index is 12.1. The lowest BCUT2D eigenvalue weighted by molar-refractivity contribution is -0.148. The third-order valence-corrected chi connectivity index (χ3v) is 3.78. The summed E-state index contributed by atoms with van der Waals surface area (Å²) in [6, 6.07) is 7.55. The van der Waals surface area contributed by atoms with E-state index in [4.69, 9.17) is 0 Å². The molecule has 0 aliphatic carbocycles. The maximum Gasteiger partial charge on any atom is 0.243 e. The summed E-state index contributed by atoms with van der Waals surface area (Å²) >= 11 is 0. The lowest BCUT2D eigenvalue weighted by Gasteiger charge is -2.39. The smallest absolute Gasteiger partial charge is 0.243 e. The van der Waals surface area contributed by atoms with E-state index in [1.54, 1.807) is 4.90 Å². The van der Waals surface area contributed by atoms with Crippen LogP contribution in [0.1, 0.15) is 37.4 Å². The predicted octanol–water partition coefficient (Wildman–Crippen LogP) is 1.79. The first-order valence-corrected chi connectivity index (χ1v) is 6.70. The van der Waals surface area contributed by atoms with E-state index in [0.717, 1.165) is 11.1 Å². The average Bonchev–Trinajstić information content (AvgIpc) is 2.41. The first-order chi connectivity index (χ1) is 9.06. The lowest BCUT2D eigenvalue weighted by Crippen LogP contribution is -2.58. The molecule has 2 atom stereocenters. The number of rotatable bonds is 3. The summed E-state index contributed by atoms with van der Waals surface area (Å²) in [6.07, 6.45) is 0.633. The van der Waals surface area contributed by atoms with E-state index in [1.807, 2.05) is 45.0 Å². The van der Waals surface area contributed by atoms with Gasteiger partial charge >= 0.3 is 0 Å². The summed E-state index contributed by atoms with van der Waals surface area (Å²) in [5.41, 5.74) is 2.24. The zero-order valence-corrected chi connectivity index (χ0v) is 11.6. The van der Waals surface area contributed by atoms with Crippen LogP contribution >= 0.6 is 0 Å². The van der Waals surface area contributed by atoms with Crippen LogP contribution in [0, 0.1) is 6.92 Å². The van der Waals surface area contributed by atoms with E-state index in [2.05, 4.69) is 5.32 Å². The van der Waals surface area contributed by atoms with Crippen molar-refractivity contribution in [2.45, 2.75) is 39.3 Å². The second kappa shape index (κ2) is 5.43. The van der Waals surface area contributed by atoms with Crippen molar-refractivity contribution < 1.29 is 9.59 Å². The Bertz CT molecular complexity index is 499. The van der Waals surface area contributed by atoms with E-state index in [9.17, 15) is 9.59 Å². The Morgan fingerprint density at radius 1 is 1.37 bits per heavy atom. The van der Waals surface area contributed by atoms with Gasteiger partial charge in [-0.15, -0.1) is 0 Å². The largest absolute Gasteiger partial charge is 0.345 e.